The van der Waals surface area contributed by atoms with Crippen molar-refractivity contribution in [2.45, 2.75) is 81.2 Å². The van der Waals surface area contributed by atoms with Crippen LogP contribution in [-0.2, 0) is 67.2 Å². The van der Waals surface area contributed by atoms with Gasteiger partial charge < -0.3 is 52.5 Å². The molecule has 2 aliphatic heterocycles. The Balaban J connectivity index is 1.09. The first-order valence-corrected chi connectivity index (χ1v) is 24.8. The fraction of sp³-hybridized carbons (Fsp3) is 0.246. The molecule has 15 nitrogen and oxygen atoms in total. The topological polar surface area (TPSA) is 181 Å². The summed E-state index contributed by atoms with van der Waals surface area (Å²) in [6.07, 6.45) is -14.0. The van der Waals surface area contributed by atoms with E-state index in [0.29, 0.717) is 0 Å². The van der Waals surface area contributed by atoms with Crippen LogP contribution in [0.2, 0.25) is 0 Å². The first-order chi connectivity index (χ1) is 37.3. The molecule has 390 valence electrons. The van der Waals surface area contributed by atoms with Gasteiger partial charge >= 0.3 is 23.9 Å². The standard InChI is InChI=1S/C61H56O15/c62-56(44-28-14-4-15-29-44)70-39-49-51(74-57(63)45-30-16-5-17-31-45)53(75-58(64)46-32-18-6-19-33-46)55(76-59(65)47-34-20-7-21-35-47)61(73-49)71-40-48-50(67-36-41-22-8-1-9-23-41)52(68-37-42-24-10-2-11-25-42)54(60(66)72-48)69-38-43-26-12-3-13-27-43/h1-35,48-55,60-61,66H,36-40H2/t48-,49-,50-,51-,52+,53+,54-,55-,60+,61+/m1/s1. The van der Waals surface area contributed by atoms with Crippen LogP contribution in [0.1, 0.15) is 58.1 Å². The zero-order chi connectivity index (χ0) is 52.5. The van der Waals surface area contributed by atoms with Crippen LogP contribution in [0.15, 0.2) is 212 Å². The Morgan fingerprint density at radius 2 is 0.684 bits per heavy atom. The number of carbonyl (C=O) groups is 4. The number of aliphatic hydroxyl groups is 1. The van der Waals surface area contributed by atoms with E-state index in [1.807, 2.05) is 91.0 Å². The van der Waals surface area contributed by atoms with E-state index < -0.39 is 98.5 Å². The van der Waals surface area contributed by atoms with Gasteiger partial charge in [0.2, 0.25) is 0 Å². The summed E-state index contributed by atoms with van der Waals surface area (Å²) in [4.78, 5) is 56.2. The highest BCUT2D eigenvalue weighted by atomic mass is 16.7. The Morgan fingerprint density at radius 1 is 0.342 bits per heavy atom. The molecule has 0 radical (unpaired) electrons. The number of esters is 4. The van der Waals surface area contributed by atoms with Crippen molar-refractivity contribution in [3.63, 3.8) is 0 Å². The van der Waals surface area contributed by atoms with Gasteiger partial charge in [-0.25, -0.2) is 19.2 Å². The molecule has 15 heteroatoms. The summed E-state index contributed by atoms with van der Waals surface area (Å²) in [5.41, 5.74) is 3.11. The SMILES string of the molecule is O=C(OC[C@H]1O[C@H](OC[C@H]2O[C@H](O)[C@H](OCc3ccccc3)[C@@H](OCc3ccccc3)[C@@H]2OCc2ccccc2)[C@H](OC(=O)c2ccccc2)[C@@H](OC(=O)c2ccccc2)[C@@H]1OC(=O)c1ccccc1)c1ccccc1. The van der Waals surface area contributed by atoms with Gasteiger partial charge in [0, 0.05) is 0 Å². The number of aliphatic hydroxyl groups excluding tert-OH is 1. The van der Waals surface area contributed by atoms with Crippen LogP contribution < -0.4 is 0 Å². The van der Waals surface area contributed by atoms with Crippen LogP contribution in [0.3, 0.4) is 0 Å². The van der Waals surface area contributed by atoms with Crippen molar-refractivity contribution in [3.8, 4) is 0 Å². The minimum Gasteiger partial charge on any atom is -0.459 e. The molecule has 76 heavy (non-hydrogen) atoms. The molecular weight excluding hydrogens is 973 g/mol. The Hall–Kier alpha value is -7.86. The first-order valence-electron chi connectivity index (χ1n) is 24.8. The maximum absolute atomic E-state index is 14.3. The third-order valence-corrected chi connectivity index (χ3v) is 12.6. The molecule has 1 N–H and O–H groups in total. The van der Waals surface area contributed by atoms with E-state index in [-0.39, 0.29) is 42.1 Å². The molecule has 0 spiro atoms. The quantitative estimate of drug-likeness (QED) is 0.0533. The number of carbonyl (C=O) groups excluding carboxylic acids is 4. The molecule has 2 saturated heterocycles. The predicted molar refractivity (Wildman–Crippen MR) is 274 cm³/mol. The average Bonchev–Trinajstić information content (AvgIpc) is 3.50. The molecule has 0 aliphatic carbocycles. The summed E-state index contributed by atoms with van der Waals surface area (Å²) in [5, 5.41) is 11.9. The van der Waals surface area contributed by atoms with Crippen molar-refractivity contribution < 1.29 is 71.7 Å². The van der Waals surface area contributed by atoms with Crippen molar-refractivity contribution >= 4 is 23.9 Å². The van der Waals surface area contributed by atoms with Gasteiger partial charge in [-0.15, -0.1) is 0 Å². The lowest BCUT2D eigenvalue weighted by molar-refractivity contribution is -0.337. The lowest BCUT2D eigenvalue weighted by Crippen LogP contribution is -2.64. The highest BCUT2D eigenvalue weighted by Gasteiger charge is 2.55. The van der Waals surface area contributed by atoms with Gasteiger partial charge in [0.05, 0.1) is 48.7 Å². The van der Waals surface area contributed by atoms with Gasteiger partial charge in [0.25, 0.3) is 0 Å². The Morgan fingerprint density at radius 3 is 1.12 bits per heavy atom. The van der Waals surface area contributed by atoms with E-state index in [0.717, 1.165) is 16.7 Å². The minimum absolute atomic E-state index is 0.0795. The maximum Gasteiger partial charge on any atom is 0.338 e. The summed E-state index contributed by atoms with van der Waals surface area (Å²) in [7, 11) is 0. The fourth-order valence-corrected chi connectivity index (χ4v) is 8.75. The summed E-state index contributed by atoms with van der Waals surface area (Å²) in [5.74, 6) is -3.33. The second-order valence-electron chi connectivity index (χ2n) is 17.9. The van der Waals surface area contributed by atoms with Crippen LogP contribution in [0.5, 0.6) is 0 Å². The van der Waals surface area contributed by atoms with Crippen molar-refractivity contribution in [3.05, 3.63) is 251 Å². The van der Waals surface area contributed by atoms with Gasteiger partial charge in [-0.1, -0.05) is 164 Å². The van der Waals surface area contributed by atoms with Crippen LogP contribution in [0.25, 0.3) is 0 Å². The van der Waals surface area contributed by atoms with Crippen molar-refractivity contribution in [1.82, 2.24) is 0 Å². The molecule has 2 aliphatic rings. The number of benzene rings is 7. The third-order valence-electron chi connectivity index (χ3n) is 12.6. The summed E-state index contributed by atoms with van der Waals surface area (Å²) < 4.78 is 64.1. The Bertz CT molecular complexity index is 2900. The molecule has 9 rings (SSSR count). The third kappa shape index (κ3) is 14.1. The molecule has 2 heterocycles. The predicted octanol–water partition coefficient (Wildman–Crippen LogP) is 8.74. The lowest BCUT2D eigenvalue weighted by Gasteiger charge is -2.46. The van der Waals surface area contributed by atoms with Crippen molar-refractivity contribution in [2.75, 3.05) is 13.2 Å². The molecule has 0 unspecified atom stereocenters. The summed E-state index contributed by atoms with van der Waals surface area (Å²) in [6.45, 7) is -0.732. The van der Waals surface area contributed by atoms with E-state index in [2.05, 4.69) is 0 Å². The summed E-state index contributed by atoms with van der Waals surface area (Å²) >= 11 is 0. The fourth-order valence-electron chi connectivity index (χ4n) is 8.75. The second kappa shape index (κ2) is 26.6. The second-order valence-corrected chi connectivity index (χ2v) is 17.9. The largest absolute Gasteiger partial charge is 0.459 e. The van der Waals surface area contributed by atoms with Gasteiger partial charge in [-0.3, -0.25) is 0 Å². The van der Waals surface area contributed by atoms with E-state index >= 15 is 0 Å². The molecule has 7 aromatic carbocycles. The molecule has 0 saturated carbocycles. The van der Waals surface area contributed by atoms with Crippen LogP contribution in [0, 0.1) is 0 Å². The van der Waals surface area contributed by atoms with Crippen LogP contribution >= 0.6 is 0 Å². The molecule has 10 atom stereocenters. The zero-order valence-corrected chi connectivity index (χ0v) is 41.2. The highest BCUT2D eigenvalue weighted by molar-refractivity contribution is 5.91. The molecular formula is C61H56O15. The van der Waals surface area contributed by atoms with Gasteiger partial charge in [0.1, 0.15) is 37.1 Å². The van der Waals surface area contributed by atoms with Gasteiger partial charge in [0.15, 0.2) is 30.9 Å². The Labute approximate surface area is 439 Å². The van der Waals surface area contributed by atoms with Gasteiger partial charge in [-0.2, -0.15) is 0 Å². The molecule has 0 aromatic heterocycles. The molecule has 2 fully saturated rings. The lowest BCUT2D eigenvalue weighted by atomic mass is 9.96. The van der Waals surface area contributed by atoms with Crippen molar-refractivity contribution in [2.24, 2.45) is 0 Å². The molecule has 7 aromatic rings. The van der Waals surface area contributed by atoms with E-state index in [1.54, 1.807) is 84.9 Å². The number of rotatable bonds is 21. The maximum atomic E-state index is 14.3. The van der Waals surface area contributed by atoms with E-state index in [1.165, 1.54) is 36.4 Å². The summed E-state index contributed by atoms with van der Waals surface area (Å²) in [6, 6.07) is 60.8. The number of ether oxygens (including phenoxy) is 10. The van der Waals surface area contributed by atoms with E-state index in [9.17, 15) is 24.3 Å². The van der Waals surface area contributed by atoms with E-state index in [4.69, 9.17) is 47.4 Å². The highest BCUT2D eigenvalue weighted by Crippen LogP contribution is 2.35. The number of hydrogen-bond acceptors (Lipinski definition) is 15. The molecule has 0 amide bonds. The van der Waals surface area contributed by atoms with Crippen molar-refractivity contribution in [1.29, 1.82) is 0 Å². The number of hydrogen-bond donors (Lipinski definition) is 1. The monoisotopic (exact) mass is 1030 g/mol. The zero-order valence-electron chi connectivity index (χ0n) is 41.2. The minimum atomic E-state index is -1.70. The smallest absolute Gasteiger partial charge is 0.338 e. The van der Waals surface area contributed by atoms with Crippen LogP contribution in [0.4, 0.5) is 0 Å². The van der Waals surface area contributed by atoms with Crippen LogP contribution in [-0.4, -0.2) is 104 Å². The average molecular weight is 1030 g/mol. The first kappa shape index (κ1) is 53.0. The normalized spacial score (nSPS) is 23.1. The molecule has 0 bridgehead atoms. The Kier molecular flexibility index (Phi) is 18.5. The van der Waals surface area contributed by atoms with Gasteiger partial charge in [-0.05, 0) is 65.2 Å².